The highest BCUT2D eigenvalue weighted by Gasteiger charge is 2.24. The number of aromatic nitrogens is 1. The van der Waals surface area contributed by atoms with E-state index in [4.69, 9.17) is 9.47 Å². The molecule has 6 nitrogen and oxygen atoms in total. The zero-order chi connectivity index (χ0) is 16.5. The number of piperidine rings is 1. The molecular weight excluding hydrogens is 326 g/mol. The Balaban J connectivity index is 1.49. The van der Waals surface area contributed by atoms with E-state index in [9.17, 15) is 4.79 Å². The lowest BCUT2D eigenvalue weighted by atomic mass is 9.95. The summed E-state index contributed by atoms with van der Waals surface area (Å²) in [6, 6.07) is 5.91. The Morgan fingerprint density at radius 3 is 3.12 bits per heavy atom. The number of rotatable bonds is 3. The van der Waals surface area contributed by atoms with Gasteiger partial charge in [0, 0.05) is 17.0 Å². The van der Waals surface area contributed by atoms with E-state index < -0.39 is 0 Å². The second kappa shape index (κ2) is 6.41. The van der Waals surface area contributed by atoms with Gasteiger partial charge < -0.3 is 20.1 Å². The molecule has 2 aromatic rings. The van der Waals surface area contributed by atoms with Gasteiger partial charge in [0.05, 0.1) is 0 Å². The van der Waals surface area contributed by atoms with Crippen molar-refractivity contribution in [2.45, 2.75) is 19.4 Å². The number of hydrogen-bond acceptors (Lipinski definition) is 6. The van der Waals surface area contributed by atoms with Crippen LogP contribution >= 0.6 is 11.3 Å². The molecule has 1 aromatic heterocycles. The minimum Gasteiger partial charge on any atom is -0.454 e. The Kier molecular flexibility index (Phi) is 4.12. The quantitative estimate of drug-likeness (QED) is 0.893. The maximum atomic E-state index is 12.5. The summed E-state index contributed by atoms with van der Waals surface area (Å²) in [6.07, 6.45) is 0.950. The maximum absolute atomic E-state index is 12.5. The Labute approximate surface area is 144 Å². The lowest BCUT2D eigenvalue weighted by Crippen LogP contribution is -2.48. The van der Waals surface area contributed by atoms with Crippen LogP contribution in [-0.2, 0) is 0 Å². The molecule has 126 valence electrons. The third-order valence-corrected chi connectivity index (χ3v) is 5.35. The van der Waals surface area contributed by atoms with Crippen molar-refractivity contribution in [3.63, 3.8) is 0 Å². The molecule has 1 fully saturated rings. The van der Waals surface area contributed by atoms with Gasteiger partial charge in [-0.1, -0.05) is 6.92 Å². The highest BCUT2D eigenvalue weighted by atomic mass is 32.1. The van der Waals surface area contributed by atoms with Crippen LogP contribution in [0.2, 0.25) is 0 Å². The molecule has 0 bridgehead atoms. The normalized spacial score (nSPS) is 22.4. The number of amides is 1. The van der Waals surface area contributed by atoms with E-state index in [2.05, 4.69) is 22.5 Å². The molecule has 2 aliphatic heterocycles. The fraction of sp³-hybridized carbons (Fsp3) is 0.412. The van der Waals surface area contributed by atoms with Gasteiger partial charge in [0.2, 0.25) is 6.79 Å². The van der Waals surface area contributed by atoms with Crippen LogP contribution in [0.1, 0.15) is 23.8 Å². The third-order valence-electron chi connectivity index (χ3n) is 4.46. The van der Waals surface area contributed by atoms with Crippen LogP contribution in [0.4, 0.5) is 0 Å². The van der Waals surface area contributed by atoms with Gasteiger partial charge in [0.25, 0.3) is 5.91 Å². The summed E-state index contributed by atoms with van der Waals surface area (Å²) in [7, 11) is 0. The van der Waals surface area contributed by atoms with E-state index in [1.165, 1.54) is 11.3 Å². The monoisotopic (exact) mass is 345 g/mol. The first-order valence-electron chi connectivity index (χ1n) is 8.08. The summed E-state index contributed by atoms with van der Waals surface area (Å²) in [4.78, 5) is 16.9. The number of hydrogen-bond donors (Lipinski definition) is 2. The van der Waals surface area contributed by atoms with Crippen molar-refractivity contribution in [1.82, 2.24) is 15.6 Å². The van der Waals surface area contributed by atoms with Crippen LogP contribution < -0.4 is 20.1 Å². The van der Waals surface area contributed by atoms with E-state index in [1.54, 1.807) is 5.38 Å². The molecule has 1 amide bonds. The lowest BCUT2D eigenvalue weighted by Gasteiger charge is -2.29. The smallest absolute Gasteiger partial charge is 0.271 e. The number of ether oxygens (including phenoxy) is 2. The van der Waals surface area contributed by atoms with Gasteiger partial charge in [-0.25, -0.2) is 4.98 Å². The first kappa shape index (κ1) is 15.4. The lowest BCUT2D eigenvalue weighted by molar-refractivity contribution is 0.0910. The molecule has 7 heteroatoms. The van der Waals surface area contributed by atoms with E-state index in [-0.39, 0.29) is 18.7 Å². The second-order valence-corrected chi connectivity index (χ2v) is 7.01. The van der Waals surface area contributed by atoms with Crippen molar-refractivity contribution < 1.29 is 14.3 Å². The minimum atomic E-state index is -0.100. The first-order chi connectivity index (χ1) is 11.7. The Morgan fingerprint density at radius 1 is 1.38 bits per heavy atom. The van der Waals surface area contributed by atoms with Crippen molar-refractivity contribution in [2.75, 3.05) is 19.9 Å². The fourth-order valence-electron chi connectivity index (χ4n) is 3.01. The highest BCUT2D eigenvalue weighted by Crippen LogP contribution is 2.36. The number of fused-ring (bicyclic) bond motifs is 1. The van der Waals surface area contributed by atoms with Crippen LogP contribution in [0.15, 0.2) is 23.6 Å². The molecular formula is C17H19N3O3S. The standard InChI is InChI=1S/C17H19N3O3S/c1-10-7-18-5-4-12(10)19-16(21)13-8-24-17(20-13)11-2-3-14-15(6-11)23-9-22-14/h2-3,6,8,10,12,18H,4-5,7,9H2,1H3,(H,19,21). The summed E-state index contributed by atoms with van der Waals surface area (Å²) in [5, 5.41) is 9.06. The number of carbonyl (C=O) groups excluding carboxylic acids is 1. The molecule has 0 aliphatic carbocycles. The molecule has 2 aliphatic rings. The van der Waals surface area contributed by atoms with Gasteiger partial charge in [0.1, 0.15) is 10.7 Å². The van der Waals surface area contributed by atoms with E-state index >= 15 is 0 Å². The largest absolute Gasteiger partial charge is 0.454 e. The van der Waals surface area contributed by atoms with Gasteiger partial charge in [-0.2, -0.15) is 0 Å². The molecule has 0 spiro atoms. The van der Waals surface area contributed by atoms with Crippen LogP contribution in [0.25, 0.3) is 10.6 Å². The Hall–Kier alpha value is -2.12. The van der Waals surface area contributed by atoms with Gasteiger partial charge in [-0.05, 0) is 43.6 Å². The summed E-state index contributed by atoms with van der Waals surface area (Å²) in [5.74, 6) is 1.79. The van der Waals surface area contributed by atoms with Crippen molar-refractivity contribution in [1.29, 1.82) is 0 Å². The Morgan fingerprint density at radius 2 is 2.25 bits per heavy atom. The zero-order valence-electron chi connectivity index (χ0n) is 13.4. The molecule has 0 radical (unpaired) electrons. The van der Waals surface area contributed by atoms with Crippen LogP contribution in [-0.4, -0.2) is 36.8 Å². The number of benzene rings is 1. The van der Waals surface area contributed by atoms with Crippen molar-refractivity contribution in [2.24, 2.45) is 5.92 Å². The molecule has 24 heavy (non-hydrogen) atoms. The second-order valence-electron chi connectivity index (χ2n) is 6.16. The van der Waals surface area contributed by atoms with Gasteiger partial charge in [-0.15, -0.1) is 11.3 Å². The maximum Gasteiger partial charge on any atom is 0.271 e. The fourth-order valence-corrected chi connectivity index (χ4v) is 3.81. The number of nitrogens with one attached hydrogen (secondary N) is 2. The molecule has 1 saturated heterocycles. The SMILES string of the molecule is CC1CNCCC1NC(=O)c1csc(-c2ccc3c(c2)OCO3)n1. The Bertz CT molecular complexity index is 761. The predicted molar refractivity (Wildman–Crippen MR) is 91.6 cm³/mol. The molecule has 3 heterocycles. The first-order valence-corrected chi connectivity index (χ1v) is 8.96. The number of nitrogens with zero attached hydrogens (tertiary/aromatic N) is 1. The summed E-state index contributed by atoms with van der Waals surface area (Å²) < 4.78 is 10.7. The number of thiazole rings is 1. The van der Waals surface area contributed by atoms with Gasteiger partial charge in [0.15, 0.2) is 11.5 Å². The van der Waals surface area contributed by atoms with E-state index in [0.717, 1.165) is 41.6 Å². The summed E-state index contributed by atoms with van der Waals surface area (Å²) >= 11 is 1.46. The van der Waals surface area contributed by atoms with Gasteiger partial charge >= 0.3 is 0 Å². The van der Waals surface area contributed by atoms with Crippen molar-refractivity contribution in [3.8, 4) is 22.1 Å². The average molecular weight is 345 g/mol. The summed E-state index contributed by atoms with van der Waals surface area (Å²) in [6.45, 7) is 4.27. The zero-order valence-corrected chi connectivity index (χ0v) is 14.2. The molecule has 2 unspecified atom stereocenters. The minimum absolute atomic E-state index is 0.100. The predicted octanol–water partition coefficient (Wildman–Crippen LogP) is 2.27. The third kappa shape index (κ3) is 2.97. The van der Waals surface area contributed by atoms with E-state index in [1.807, 2.05) is 18.2 Å². The number of carbonyl (C=O) groups is 1. The average Bonchev–Trinajstić information content (AvgIpc) is 3.25. The van der Waals surface area contributed by atoms with Crippen LogP contribution in [0, 0.1) is 5.92 Å². The van der Waals surface area contributed by atoms with Crippen molar-refractivity contribution >= 4 is 17.2 Å². The molecule has 4 rings (SSSR count). The van der Waals surface area contributed by atoms with Crippen molar-refractivity contribution in [3.05, 3.63) is 29.3 Å². The van der Waals surface area contributed by atoms with Crippen LogP contribution in [0.5, 0.6) is 11.5 Å². The highest BCUT2D eigenvalue weighted by molar-refractivity contribution is 7.13. The van der Waals surface area contributed by atoms with Gasteiger partial charge in [-0.3, -0.25) is 4.79 Å². The van der Waals surface area contributed by atoms with E-state index in [0.29, 0.717) is 11.6 Å². The molecule has 2 N–H and O–H groups in total. The molecule has 1 aromatic carbocycles. The molecule has 2 atom stereocenters. The van der Waals surface area contributed by atoms with Crippen LogP contribution in [0.3, 0.4) is 0 Å². The topological polar surface area (TPSA) is 72.5 Å². The summed E-state index contributed by atoms with van der Waals surface area (Å²) in [5.41, 5.74) is 1.40. The molecule has 0 saturated carbocycles.